The number of phenolic OH excluding ortho intramolecular Hbond substituents is 2. The Labute approximate surface area is 121 Å². The largest absolute Gasteiger partial charge is 0.508 e. The molecule has 2 aromatic rings. The lowest BCUT2D eigenvalue weighted by molar-refractivity contribution is 0.441. The second-order valence-electron chi connectivity index (χ2n) is 5.07. The molecule has 0 amide bonds. The van der Waals surface area contributed by atoms with Gasteiger partial charge in [0.15, 0.2) is 11.6 Å². The Bertz CT molecular complexity index is 626. The summed E-state index contributed by atoms with van der Waals surface area (Å²) in [5.74, 6) is -1.82. The van der Waals surface area contributed by atoms with Crippen molar-refractivity contribution < 1.29 is 19.0 Å². The third-order valence-corrected chi connectivity index (χ3v) is 3.37. The molecule has 0 aliphatic carbocycles. The quantitative estimate of drug-likeness (QED) is 0.804. The van der Waals surface area contributed by atoms with Crippen LogP contribution in [0.5, 0.6) is 11.5 Å². The zero-order valence-electron chi connectivity index (χ0n) is 11.8. The van der Waals surface area contributed by atoms with Gasteiger partial charge in [-0.05, 0) is 49.2 Å². The average molecular weight is 293 g/mol. The zero-order valence-corrected chi connectivity index (χ0v) is 11.8. The number of rotatable bonds is 4. The first kappa shape index (κ1) is 15.3. The van der Waals surface area contributed by atoms with E-state index < -0.39 is 11.6 Å². The Morgan fingerprint density at radius 2 is 1.38 bits per heavy atom. The lowest BCUT2D eigenvalue weighted by Crippen LogP contribution is -2.22. The van der Waals surface area contributed by atoms with Crippen molar-refractivity contribution in [3.63, 3.8) is 0 Å². The van der Waals surface area contributed by atoms with Crippen molar-refractivity contribution in [2.45, 2.75) is 25.9 Å². The maximum Gasteiger partial charge on any atom is 0.159 e. The number of benzene rings is 2. The van der Waals surface area contributed by atoms with E-state index in [1.54, 1.807) is 0 Å². The summed E-state index contributed by atoms with van der Waals surface area (Å²) in [6.07, 6.45) is 0. The van der Waals surface area contributed by atoms with Gasteiger partial charge in [0.2, 0.25) is 0 Å². The van der Waals surface area contributed by atoms with E-state index in [9.17, 15) is 19.0 Å². The van der Waals surface area contributed by atoms with Crippen LogP contribution in [0.1, 0.15) is 37.1 Å². The average Bonchev–Trinajstić information content (AvgIpc) is 2.40. The molecule has 0 heterocycles. The van der Waals surface area contributed by atoms with Gasteiger partial charge in [-0.25, -0.2) is 8.78 Å². The fourth-order valence-electron chi connectivity index (χ4n) is 2.22. The molecule has 3 N–H and O–H groups in total. The Hall–Kier alpha value is -2.14. The van der Waals surface area contributed by atoms with Gasteiger partial charge in [-0.1, -0.05) is 6.07 Å². The third-order valence-electron chi connectivity index (χ3n) is 3.37. The van der Waals surface area contributed by atoms with Gasteiger partial charge in [0.1, 0.15) is 11.5 Å². The molecule has 0 spiro atoms. The van der Waals surface area contributed by atoms with Crippen molar-refractivity contribution in [2.24, 2.45) is 0 Å². The van der Waals surface area contributed by atoms with Gasteiger partial charge in [-0.2, -0.15) is 0 Å². The van der Waals surface area contributed by atoms with Crippen LogP contribution >= 0.6 is 0 Å². The molecule has 0 fully saturated rings. The highest BCUT2D eigenvalue weighted by Gasteiger charge is 2.14. The van der Waals surface area contributed by atoms with E-state index in [4.69, 9.17) is 0 Å². The normalized spacial score (nSPS) is 13.9. The summed E-state index contributed by atoms with van der Waals surface area (Å²) in [6, 6.07) is 7.67. The second-order valence-corrected chi connectivity index (χ2v) is 5.07. The molecule has 5 heteroatoms. The molecule has 0 aliphatic heterocycles. The van der Waals surface area contributed by atoms with Crippen molar-refractivity contribution in [3.05, 3.63) is 59.2 Å². The van der Waals surface area contributed by atoms with Gasteiger partial charge in [0.25, 0.3) is 0 Å². The van der Waals surface area contributed by atoms with E-state index >= 15 is 0 Å². The minimum atomic E-state index is -0.885. The smallest absolute Gasteiger partial charge is 0.159 e. The van der Waals surface area contributed by atoms with Crippen LogP contribution in [0.25, 0.3) is 0 Å². The fraction of sp³-hybridized carbons (Fsp3) is 0.250. The van der Waals surface area contributed by atoms with Crippen LogP contribution in [-0.4, -0.2) is 10.2 Å². The van der Waals surface area contributed by atoms with Crippen LogP contribution in [-0.2, 0) is 0 Å². The third kappa shape index (κ3) is 3.70. The first-order chi connectivity index (χ1) is 9.86. The molecule has 2 atom stereocenters. The highest BCUT2D eigenvalue weighted by molar-refractivity contribution is 5.38. The number of halogens is 2. The predicted molar refractivity (Wildman–Crippen MR) is 76.1 cm³/mol. The van der Waals surface area contributed by atoms with Crippen LogP contribution in [0.3, 0.4) is 0 Å². The van der Waals surface area contributed by atoms with E-state index in [1.165, 1.54) is 24.3 Å². The number of phenols is 2. The molecule has 0 bridgehead atoms. The topological polar surface area (TPSA) is 52.5 Å². The van der Waals surface area contributed by atoms with E-state index in [2.05, 4.69) is 5.32 Å². The summed E-state index contributed by atoms with van der Waals surface area (Å²) in [4.78, 5) is 0. The maximum atomic E-state index is 13.2. The molecule has 2 aromatic carbocycles. The van der Waals surface area contributed by atoms with Crippen LogP contribution in [0, 0.1) is 11.6 Å². The van der Waals surface area contributed by atoms with Gasteiger partial charge >= 0.3 is 0 Å². The minimum Gasteiger partial charge on any atom is -0.508 e. The molecular formula is C16H17F2NO2. The van der Waals surface area contributed by atoms with Gasteiger partial charge in [0, 0.05) is 18.2 Å². The molecule has 0 aliphatic rings. The Morgan fingerprint density at radius 3 is 1.95 bits per heavy atom. The molecule has 112 valence electrons. The monoisotopic (exact) mass is 293 g/mol. The van der Waals surface area contributed by atoms with Gasteiger partial charge in [0.05, 0.1) is 0 Å². The van der Waals surface area contributed by atoms with Crippen molar-refractivity contribution >= 4 is 0 Å². The first-order valence-corrected chi connectivity index (χ1v) is 6.60. The number of hydrogen-bond acceptors (Lipinski definition) is 3. The van der Waals surface area contributed by atoms with Crippen molar-refractivity contribution in [1.29, 1.82) is 0 Å². The lowest BCUT2D eigenvalue weighted by Gasteiger charge is -2.21. The summed E-state index contributed by atoms with van der Waals surface area (Å²) in [5.41, 5.74) is 1.31. The van der Waals surface area contributed by atoms with E-state index in [0.717, 1.165) is 12.1 Å². The standard InChI is InChI=1S/C16H17F2NO2/c1-9(11-3-4-15(17)16(18)7-11)19-10(2)12-5-13(20)8-14(21)6-12/h3-10,19-21H,1-2H3. The number of hydrogen-bond donors (Lipinski definition) is 3. The predicted octanol–water partition coefficient (Wildman–Crippen LogP) is 3.79. The molecule has 0 aromatic heterocycles. The molecule has 2 unspecified atom stereocenters. The SMILES string of the molecule is CC(NC(C)c1ccc(F)c(F)c1)c1cc(O)cc(O)c1. The van der Waals surface area contributed by atoms with E-state index in [0.29, 0.717) is 11.1 Å². The summed E-state index contributed by atoms with van der Waals surface area (Å²) in [7, 11) is 0. The van der Waals surface area contributed by atoms with Crippen molar-refractivity contribution in [3.8, 4) is 11.5 Å². The number of aromatic hydroxyl groups is 2. The van der Waals surface area contributed by atoms with Crippen LogP contribution < -0.4 is 5.32 Å². The molecule has 21 heavy (non-hydrogen) atoms. The molecule has 0 saturated carbocycles. The molecule has 0 radical (unpaired) electrons. The second kappa shape index (κ2) is 6.10. The van der Waals surface area contributed by atoms with Crippen LogP contribution in [0.15, 0.2) is 36.4 Å². The van der Waals surface area contributed by atoms with Crippen molar-refractivity contribution in [2.75, 3.05) is 0 Å². The summed E-state index contributed by atoms with van der Waals surface area (Å²) >= 11 is 0. The summed E-state index contributed by atoms with van der Waals surface area (Å²) in [5, 5.41) is 22.2. The van der Waals surface area contributed by atoms with Gasteiger partial charge in [-0.15, -0.1) is 0 Å². The summed E-state index contributed by atoms with van der Waals surface area (Å²) < 4.78 is 26.2. The van der Waals surface area contributed by atoms with Gasteiger partial charge < -0.3 is 15.5 Å². The summed E-state index contributed by atoms with van der Waals surface area (Å²) in [6.45, 7) is 3.68. The fourth-order valence-corrected chi connectivity index (χ4v) is 2.22. The van der Waals surface area contributed by atoms with Crippen molar-refractivity contribution in [1.82, 2.24) is 5.32 Å². The molecule has 0 saturated heterocycles. The van der Waals surface area contributed by atoms with Gasteiger partial charge in [-0.3, -0.25) is 0 Å². The Kier molecular flexibility index (Phi) is 4.43. The minimum absolute atomic E-state index is 0.0286. The lowest BCUT2D eigenvalue weighted by atomic mass is 10.0. The molecular weight excluding hydrogens is 276 g/mol. The molecule has 2 rings (SSSR count). The van der Waals surface area contributed by atoms with E-state index in [-0.39, 0.29) is 23.6 Å². The Balaban J connectivity index is 2.14. The highest BCUT2D eigenvalue weighted by Crippen LogP contribution is 2.26. The van der Waals surface area contributed by atoms with Crippen LogP contribution in [0.4, 0.5) is 8.78 Å². The number of nitrogens with one attached hydrogen (secondary N) is 1. The Morgan fingerprint density at radius 1 is 0.810 bits per heavy atom. The highest BCUT2D eigenvalue weighted by atomic mass is 19.2. The van der Waals surface area contributed by atoms with Crippen LogP contribution in [0.2, 0.25) is 0 Å². The zero-order chi connectivity index (χ0) is 15.6. The maximum absolute atomic E-state index is 13.2. The molecule has 3 nitrogen and oxygen atoms in total. The first-order valence-electron chi connectivity index (χ1n) is 6.60. The van der Waals surface area contributed by atoms with E-state index in [1.807, 2.05) is 13.8 Å².